The number of fused-ring (bicyclic) bond motifs is 1. The third-order valence-electron chi connectivity index (χ3n) is 4.66. The second kappa shape index (κ2) is 7.41. The predicted molar refractivity (Wildman–Crippen MR) is 104 cm³/mol. The molecule has 0 unspecified atom stereocenters. The van der Waals surface area contributed by atoms with Gasteiger partial charge in [0.1, 0.15) is 5.82 Å². The molecule has 0 N–H and O–H groups in total. The van der Waals surface area contributed by atoms with Crippen LogP contribution in [-0.2, 0) is 4.74 Å². The molecule has 0 aliphatic carbocycles. The quantitative estimate of drug-likeness (QED) is 0.645. The van der Waals surface area contributed by atoms with E-state index in [4.69, 9.17) is 9.72 Å². The molecule has 1 aliphatic rings. The molecule has 0 saturated carbocycles. The minimum Gasteiger partial charge on any atom is -0.462 e. The third kappa shape index (κ3) is 3.42. The lowest BCUT2D eigenvalue weighted by atomic mass is 9.98. The van der Waals surface area contributed by atoms with Gasteiger partial charge in [-0.05, 0) is 44.0 Å². The number of carbonyl (C=O) groups excluding carboxylic acids is 1. The molecule has 1 fully saturated rings. The van der Waals surface area contributed by atoms with Gasteiger partial charge in [-0.3, -0.25) is 0 Å². The second-order valence-corrected chi connectivity index (χ2v) is 7.49. The van der Waals surface area contributed by atoms with Crippen molar-refractivity contribution in [2.24, 2.45) is 0 Å². The number of para-hydroxylation sites is 1. The largest absolute Gasteiger partial charge is 0.462 e. The van der Waals surface area contributed by atoms with Gasteiger partial charge in [-0.25, -0.2) is 14.8 Å². The molecule has 0 amide bonds. The van der Waals surface area contributed by atoms with Crippen molar-refractivity contribution in [3.63, 3.8) is 0 Å². The Morgan fingerprint density at radius 3 is 2.96 bits per heavy atom. The van der Waals surface area contributed by atoms with Crippen molar-refractivity contribution in [2.45, 2.75) is 25.7 Å². The van der Waals surface area contributed by atoms with Gasteiger partial charge in [-0.2, -0.15) is 0 Å². The fourth-order valence-corrected chi connectivity index (χ4v) is 4.45. The number of benzene rings is 1. The van der Waals surface area contributed by atoms with E-state index in [0.717, 1.165) is 37.3 Å². The van der Waals surface area contributed by atoms with Crippen LogP contribution in [0.1, 0.15) is 41.0 Å². The average Bonchev–Trinajstić information content (AvgIpc) is 3.13. The number of ether oxygens (including phenoxy) is 1. The number of hydrogen-bond acceptors (Lipinski definition) is 6. The molecule has 4 rings (SSSR count). The van der Waals surface area contributed by atoms with Crippen molar-refractivity contribution < 1.29 is 9.53 Å². The summed E-state index contributed by atoms with van der Waals surface area (Å²) in [6.45, 7) is 4.06. The first-order chi connectivity index (χ1) is 12.7. The molecule has 0 radical (unpaired) electrons. The van der Waals surface area contributed by atoms with E-state index in [1.165, 1.54) is 9.71 Å². The molecule has 2 aromatic heterocycles. The van der Waals surface area contributed by atoms with Crippen molar-refractivity contribution in [3.05, 3.63) is 53.2 Å². The fraction of sp³-hybridized carbons (Fsp3) is 0.350. The maximum atomic E-state index is 11.8. The maximum absolute atomic E-state index is 11.8. The fourth-order valence-electron chi connectivity index (χ4n) is 3.36. The number of anilines is 1. The Morgan fingerprint density at radius 1 is 1.31 bits per heavy atom. The minimum absolute atomic E-state index is 0.322. The summed E-state index contributed by atoms with van der Waals surface area (Å²) in [5.41, 5.74) is 1.58. The van der Waals surface area contributed by atoms with E-state index < -0.39 is 0 Å². The van der Waals surface area contributed by atoms with Crippen LogP contribution in [0.5, 0.6) is 0 Å². The standard InChI is InChI=1S/C20H21N3O2S/c1-2-25-20(24)14-9-10-18(21-12-14)23-11-5-6-15(13-23)19-22-16-7-3-4-8-17(16)26-19/h3-4,7-10,12,15H,2,5-6,11,13H2,1H3/t15-/m1/s1. The molecule has 26 heavy (non-hydrogen) atoms. The van der Waals surface area contributed by atoms with E-state index in [0.29, 0.717) is 18.1 Å². The summed E-state index contributed by atoms with van der Waals surface area (Å²) in [5.74, 6) is 1.01. The van der Waals surface area contributed by atoms with Crippen LogP contribution in [0.3, 0.4) is 0 Å². The number of rotatable bonds is 4. The molecule has 1 atom stereocenters. The van der Waals surface area contributed by atoms with E-state index in [1.54, 1.807) is 30.5 Å². The van der Waals surface area contributed by atoms with E-state index >= 15 is 0 Å². The summed E-state index contributed by atoms with van der Waals surface area (Å²) in [7, 11) is 0. The normalized spacial score (nSPS) is 17.4. The molecule has 0 bridgehead atoms. The molecular weight excluding hydrogens is 346 g/mol. The molecular formula is C20H21N3O2S. The molecule has 3 aromatic rings. The Balaban J connectivity index is 1.50. The molecule has 1 aromatic carbocycles. The van der Waals surface area contributed by atoms with Crippen LogP contribution in [0.4, 0.5) is 5.82 Å². The van der Waals surface area contributed by atoms with E-state index in [-0.39, 0.29) is 5.97 Å². The molecule has 0 spiro atoms. The number of pyridine rings is 1. The summed E-state index contributed by atoms with van der Waals surface area (Å²) in [5, 5.41) is 1.21. The van der Waals surface area contributed by atoms with E-state index in [2.05, 4.69) is 28.1 Å². The topological polar surface area (TPSA) is 55.3 Å². The molecule has 6 heteroatoms. The zero-order valence-corrected chi connectivity index (χ0v) is 15.5. The van der Waals surface area contributed by atoms with Crippen molar-refractivity contribution in [2.75, 3.05) is 24.6 Å². The number of esters is 1. The zero-order valence-electron chi connectivity index (χ0n) is 14.7. The number of nitrogens with zero attached hydrogens (tertiary/aromatic N) is 3. The summed E-state index contributed by atoms with van der Waals surface area (Å²) in [6, 6.07) is 12.0. The van der Waals surface area contributed by atoms with Gasteiger partial charge in [0.05, 0.1) is 27.4 Å². The predicted octanol–water partition coefficient (Wildman–Crippen LogP) is 4.25. The molecule has 1 saturated heterocycles. The van der Waals surface area contributed by atoms with Crippen LogP contribution >= 0.6 is 11.3 Å². The van der Waals surface area contributed by atoms with Crippen molar-refractivity contribution in [1.29, 1.82) is 0 Å². The third-order valence-corrected chi connectivity index (χ3v) is 5.86. The Hall–Kier alpha value is -2.47. The molecule has 1 aliphatic heterocycles. The number of aromatic nitrogens is 2. The van der Waals surface area contributed by atoms with Gasteiger partial charge >= 0.3 is 5.97 Å². The van der Waals surface area contributed by atoms with Crippen molar-refractivity contribution >= 4 is 33.3 Å². The minimum atomic E-state index is -0.322. The van der Waals surface area contributed by atoms with Gasteiger partial charge in [-0.15, -0.1) is 11.3 Å². The number of carbonyl (C=O) groups is 1. The highest BCUT2D eigenvalue weighted by Crippen LogP contribution is 2.34. The smallest absolute Gasteiger partial charge is 0.339 e. The van der Waals surface area contributed by atoms with Crippen LogP contribution in [0.2, 0.25) is 0 Å². The summed E-state index contributed by atoms with van der Waals surface area (Å²) >= 11 is 1.79. The van der Waals surface area contributed by atoms with Crippen LogP contribution in [0.25, 0.3) is 10.2 Å². The Bertz CT molecular complexity index is 874. The average molecular weight is 367 g/mol. The van der Waals surface area contributed by atoms with Gasteiger partial charge in [0.25, 0.3) is 0 Å². The SMILES string of the molecule is CCOC(=O)c1ccc(N2CCC[C@@H](c3nc4ccccc4s3)C2)nc1. The van der Waals surface area contributed by atoms with Crippen LogP contribution in [0, 0.1) is 0 Å². The molecule has 134 valence electrons. The van der Waals surface area contributed by atoms with E-state index in [1.807, 2.05) is 12.1 Å². The summed E-state index contributed by atoms with van der Waals surface area (Å²) in [4.78, 5) is 23.4. The highest BCUT2D eigenvalue weighted by molar-refractivity contribution is 7.18. The van der Waals surface area contributed by atoms with Gasteiger partial charge in [-0.1, -0.05) is 12.1 Å². The number of thiazole rings is 1. The van der Waals surface area contributed by atoms with Gasteiger partial charge < -0.3 is 9.64 Å². The Labute approximate surface area is 156 Å². The van der Waals surface area contributed by atoms with Crippen LogP contribution in [0.15, 0.2) is 42.6 Å². The monoisotopic (exact) mass is 367 g/mol. The number of hydrogen-bond donors (Lipinski definition) is 0. The zero-order chi connectivity index (χ0) is 17.9. The lowest BCUT2D eigenvalue weighted by Gasteiger charge is -2.32. The highest BCUT2D eigenvalue weighted by atomic mass is 32.1. The number of piperidine rings is 1. The van der Waals surface area contributed by atoms with Crippen LogP contribution < -0.4 is 4.90 Å². The first-order valence-electron chi connectivity index (χ1n) is 8.98. The maximum Gasteiger partial charge on any atom is 0.339 e. The Kier molecular flexibility index (Phi) is 4.84. The first-order valence-corrected chi connectivity index (χ1v) is 9.80. The lowest BCUT2D eigenvalue weighted by molar-refractivity contribution is 0.0526. The molecule has 3 heterocycles. The van der Waals surface area contributed by atoms with Gasteiger partial charge in [0.2, 0.25) is 0 Å². The van der Waals surface area contributed by atoms with Gasteiger partial charge in [0, 0.05) is 25.2 Å². The first kappa shape index (κ1) is 17.0. The van der Waals surface area contributed by atoms with E-state index in [9.17, 15) is 4.79 Å². The molecule has 5 nitrogen and oxygen atoms in total. The highest BCUT2D eigenvalue weighted by Gasteiger charge is 2.25. The summed E-state index contributed by atoms with van der Waals surface area (Å²) in [6.07, 6.45) is 3.87. The van der Waals surface area contributed by atoms with Crippen LogP contribution in [-0.4, -0.2) is 35.6 Å². The second-order valence-electron chi connectivity index (χ2n) is 6.43. The summed E-state index contributed by atoms with van der Waals surface area (Å²) < 4.78 is 6.26. The van der Waals surface area contributed by atoms with Crippen molar-refractivity contribution in [3.8, 4) is 0 Å². The van der Waals surface area contributed by atoms with Gasteiger partial charge in [0.15, 0.2) is 0 Å². The Morgan fingerprint density at radius 2 is 2.19 bits per heavy atom. The van der Waals surface area contributed by atoms with Crippen molar-refractivity contribution in [1.82, 2.24) is 9.97 Å². The lowest BCUT2D eigenvalue weighted by Crippen LogP contribution is -2.34.